The molecule has 4 aliphatic carbocycles. The van der Waals surface area contributed by atoms with Gasteiger partial charge in [-0.05, 0) is 120 Å². The molecular formula is C48H43NO. The molecule has 0 N–H and O–H groups in total. The van der Waals surface area contributed by atoms with E-state index in [0.717, 1.165) is 25.0 Å². The first-order chi connectivity index (χ1) is 24.8. The van der Waals surface area contributed by atoms with Crippen LogP contribution in [0.4, 0.5) is 5.69 Å². The highest BCUT2D eigenvalue weighted by molar-refractivity contribution is 5.77. The fourth-order valence-electron chi connectivity index (χ4n) is 8.44. The quantitative estimate of drug-likeness (QED) is 0.198. The average Bonchev–Trinajstić information content (AvgIpc) is 3.58. The topological polar surface area (TPSA) is 12.5 Å². The molecule has 3 atom stereocenters. The van der Waals surface area contributed by atoms with Crippen molar-refractivity contribution in [3.8, 4) is 16.9 Å². The number of rotatable bonds is 7. The number of hydrogen-bond donors (Lipinski definition) is 0. The van der Waals surface area contributed by atoms with Gasteiger partial charge in [-0.15, -0.1) is 0 Å². The van der Waals surface area contributed by atoms with Crippen LogP contribution in [-0.2, 0) is 0 Å². The molecule has 9 rings (SSSR count). The molecule has 0 saturated heterocycles. The van der Waals surface area contributed by atoms with Crippen LogP contribution in [0.15, 0.2) is 175 Å². The van der Waals surface area contributed by atoms with Crippen LogP contribution in [0.2, 0.25) is 0 Å². The summed E-state index contributed by atoms with van der Waals surface area (Å²) in [5.74, 6) is 1.29. The summed E-state index contributed by atoms with van der Waals surface area (Å²) >= 11 is 0. The summed E-state index contributed by atoms with van der Waals surface area (Å²) in [7, 11) is 0. The van der Waals surface area contributed by atoms with E-state index in [9.17, 15) is 0 Å². The second-order valence-corrected chi connectivity index (χ2v) is 14.1. The molecule has 1 aliphatic heterocycles. The van der Waals surface area contributed by atoms with Crippen molar-refractivity contribution in [2.24, 2.45) is 0 Å². The zero-order valence-electron chi connectivity index (χ0n) is 28.5. The number of hydrogen-bond acceptors (Lipinski definition) is 2. The Morgan fingerprint density at radius 1 is 0.620 bits per heavy atom. The van der Waals surface area contributed by atoms with E-state index < -0.39 is 0 Å². The third kappa shape index (κ3) is 5.94. The van der Waals surface area contributed by atoms with Gasteiger partial charge in [0.15, 0.2) is 0 Å². The second-order valence-electron chi connectivity index (χ2n) is 14.1. The van der Waals surface area contributed by atoms with Crippen LogP contribution in [0.25, 0.3) is 22.3 Å². The minimum Gasteiger partial charge on any atom is -0.484 e. The molecule has 0 spiro atoms. The van der Waals surface area contributed by atoms with Gasteiger partial charge < -0.3 is 9.64 Å². The number of allylic oxidation sites excluding steroid dienone is 9. The first kappa shape index (κ1) is 30.7. The Labute approximate surface area is 296 Å². The number of benzene rings is 4. The van der Waals surface area contributed by atoms with Crippen molar-refractivity contribution in [3.63, 3.8) is 0 Å². The lowest BCUT2D eigenvalue weighted by Gasteiger charge is -2.36. The van der Waals surface area contributed by atoms with Crippen molar-refractivity contribution in [1.29, 1.82) is 0 Å². The second kappa shape index (κ2) is 13.5. The van der Waals surface area contributed by atoms with E-state index in [0.29, 0.717) is 0 Å². The van der Waals surface area contributed by atoms with E-state index in [1.54, 1.807) is 0 Å². The zero-order chi connectivity index (χ0) is 33.3. The van der Waals surface area contributed by atoms with Gasteiger partial charge in [-0.25, -0.2) is 0 Å². The van der Waals surface area contributed by atoms with Crippen LogP contribution in [-0.4, -0.2) is 12.1 Å². The molecule has 1 heterocycles. The van der Waals surface area contributed by atoms with Crippen LogP contribution in [0, 0.1) is 0 Å². The van der Waals surface area contributed by atoms with Gasteiger partial charge in [0.2, 0.25) is 0 Å². The van der Waals surface area contributed by atoms with E-state index in [1.165, 1.54) is 87.2 Å². The van der Waals surface area contributed by atoms with Gasteiger partial charge in [-0.1, -0.05) is 127 Å². The van der Waals surface area contributed by atoms with Crippen LogP contribution >= 0.6 is 0 Å². The molecule has 0 aromatic heterocycles. The summed E-state index contributed by atoms with van der Waals surface area (Å²) in [5, 5.41) is 0. The van der Waals surface area contributed by atoms with E-state index in [4.69, 9.17) is 4.74 Å². The van der Waals surface area contributed by atoms with Gasteiger partial charge in [0, 0.05) is 22.9 Å². The van der Waals surface area contributed by atoms with Gasteiger partial charge >= 0.3 is 0 Å². The number of nitrogens with zero attached hydrogens (tertiary/aromatic N) is 1. The lowest BCUT2D eigenvalue weighted by molar-refractivity contribution is 0.256. The maximum Gasteiger partial charge on any atom is 0.134 e. The first-order valence-electron chi connectivity index (χ1n) is 18.5. The third-order valence-electron chi connectivity index (χ3n) is 11.1. The number of fused-ring (bicyclic) bond motifs is 3. The van der Waals surface area contributed by atoms with Crippen molar-refractivity contribution in [2.75, 3.05) is 4.90 Å². The van der Waals surface area contributed by atoms with Crippen LogP contribution in [0.3, 0.4) is 0 Å². The van der Waals surface area contributed by atoms with Crippen LogP contribution < -0.4 is 9.64 Å². The molecule has 4 aromatic carbocycles. The minimum absolute atomic E-state index is 0.0887. The predicted molar refractivity (Wildman–Crippen MR) is 209 cm³/mol. The molecule has 0 saturated carbocycles. The Kier molecular flexibility index (Phi) is 8.30. The Bertz CT molecular complexity index is 2110. The zero-order valence-corrected chi connectivity index (χ0v) is 28.5. The largest absolute Gasteiger partial charge is 0.484 e. The van der Waals surface area contributed by atoms with Crippen molar-refractivity contribution >= 4 is 16.8 Å². The smallest absolute Gasteiger partial charge is 0.134 e. The highest BCUT2D eigenvalue weighted by Crippen LogP contribution is 2.47. The molecule has 0 fully saturated rings. The standard InChI is InChI=1S/C48H43NO/c1-4-11-34(12-5-1)36-19-26-41(27-20-36)49(42-28-21-37(22-29-42)35-13-6-2-7-14-35)43-30-23-38(24-31-43)40-25-32-47-46(33-40)45-18-10-17-44(48(45)50-47)39-15-8-3-9-16-39/h1-2,4-7,10-15,17-21,23-26,28,30-33,41,45,48H,3,8-9,16,22,27,29H2. The molecule has 4 aromatic rings. The average molecular weight is 650 g/mol. The van der Waals surface area contributed by atoms with Crippen LogP contribution in [0.1, 0.15) is 67.6 Å². The molecule has 2 heteroatoms. The number of anilines is 1. The van der Waals surface area contributed by atoms with Crippen LogP contribution in [0.5, 0.6) is 5.75 Å². The van der Waals surface area contributed by atoms with Gasteiger partial charge in [0.1, 0.15) is 11.9 Å². The lowest BCUT2D eigenvalue weighted by Crippen LogP contribution is -2.34. The summed E-state index contributed by atoms with van der Waals surface area (Å²) in [5.41, 5.74) is 14.6. The Hall–Kier alpha value is -5.34. The predicted octanol–water partition coefficient (Wildman–Crippen LogP) is 12.2. The maximum absolute atomic E-state index is 6.63. The molecule has 50 heavy (non-hydrogen) atoms. The van der Waals surface area contributed by atoms with Crippen molar-refractivity contribution in [2.45, 2.75) is 63.0 Å². The minimum atomic E-state index is 0.0887. The molecule has 3 unspecified atom stereocenters. The Morgan fingerprint density at radius 2 is 1.42 bits per heavy atom. The first-order valence-corrected chi connectivity index (χ1v) is 18.5. The van der Waals surface area contributed by atoms with E-state index >= 15 is 0 Å². The van der Waals surface area contributed by atoms with Gasteiger partial charge in [0.25, 0.3) is 0 Å². The van der Waals surface area contributed by atoms with E-state index in [-0.39, 0.29) is 18.1 Å². The third-order valence-corrected chi connectivity index (χ3v) is 11.1. The lowest BCUT2D eigenvalue weighted by atomic mass is 9.81. The highest BCUT2D eigenvalue weighted by Gasteiger charge is 2.38. The highest BCUT2D eigenvalue weighted by atomic mass is 16.5. The molecule has 0 amide bonds. The summed E-state index contributed by atoms with van der Waals surface area (Å²) in [6.07, 6.45) is 29.1. The molecule has 2 nitrogen and oxygen atoms in total. The SMILES string of the molecule is C1=CC2c3cc(-c4ccc(N(C5=CC=C(c6ccccc6)CC5)C5C=CC(c6ccccc6)=CC5)cc4)ccc3OC2C(C2=CCCCC2)=C1. The van der Waals surface area contributed by atoms with E-state index in [1.807, 2.05) is 0 Å². The fraction of sp³-hybridized carbons (Fsp3) is 0.208. The monoisotopic (exact) mass is 649 g/mol. The normalized spacial score (nSPS) is 22.2. The fourth-order valence-corrected chi connectivity index (χ4v) is 8.44. The van der Waals surface area contributed by atoms with Crippen molar-refractivity contribution in [3.05, 3.63) is 191 Å². The molecular weight excluding hydrogens is 607 g/mol. The van der Waals surface area contributed by atoms with Crippen molar-refractivity contribution < 1.29 is 4.74 Å². The van der Waals surface area contributed by atoms with Gasteiger partial charge in [-0.3, -0.25) is 0 Å². The molecule has 5 aliphatic rings. The molecule has 246 valence electrons. The Morgan fingerprint density at radius 3 is 2.14 bits per heavy atom. The summed E-state index contributed by atoms with van der Waals surface area (Å²) in [6.45, 7) is 0. The van der Waals surface area contributed by atoms with Crippen molar-refractivity contribution in [1.82, 2.24) is 0 Å². The van der Waals surface area contributed by atoms with Gasteiger partial charge in [0.05, 0.1) is 6.04 Å². The Balaban J connectivity index is 0.998. The summed E-state index contributed by atoms with van der Waals surface area (Å²) in [6, 6.07) is 37.8. The number of ether oxygens (including phenoxy) is 1. The molecule has 0 bridgehead atoms. The van der Waals surface area contributed by atoms with Gasteiger partial charge in [-0.2, -0.15) is 0 Å². The summed E-state index contributed by atoms with van der Waals surface area (Å²) in [4.78, 5) is 2.57. The molecule has 0 radical (unpaired) electrons. The summed E-state index contributed by atoms with van der Waals surface area (Å²) < 4.78 is 6.63. The maximum atomic E-state index is 6.63. The van der Waals surface area contributed by atoms with E-state index in [2.05, 4.69) is 163 Å².